The Labute approximate surface area is 92.9 Å². The van der Waals surface area contributed by atoms with Gasteiger partial charge in [-0.15, -0.1) is 0 Å². The van der Waals surface area contributed by atoms with Gasteiger partial charge in [0, 0.05) is 13.5 Å². The van der Waals surface area contributed by atoms with E-state index in [1.54, 1.807) is 0 Å². The lowest BCUT2D eigenvalue weighted by molar-refractivity contribution is -0.145. The van der Waals surface area contributed by atoms with E-state index in [0.717, 1.165) is 14.2 Å². The van der Waals surface area contributed by atoms with Crippen LogP contribution < -0.4 is 0 Å². The molecule has 7 nitrogen and oxygen atoms in total. The second kappa shape index (κ2) is 6.62. The second-order valence-electron chi connectivity index (χ2n) is 3.16. The van der Waals surface area contributed by atoms with Gasteiger partial charge in [0.2, 0.25) is 0 Å². The number of rotatable bonds is 7. The van der Waals surface area contributed by atoms with Crippen LogP contribution in [0.4, 0.5) is 0 Å². The minimum absolute atomic E-state index is 0.0596. The number of hydrogen-bond acceptors (Lipinski definition) is 5. The SMILES string of the molecule is COC(=O)C(CCC(=O)O)CP(=O)(O)OC. The van der Waals surface area contributed by atoms with Crippen molar-refractivity contribution < 1.29 is 33.4 Å². The van der Waals surface area contributed by atoms with Crippen molar-refractivity contribution in [1.29, 1.82) is 0 Å². The average Bonchev–Trinajstić information content (AvgIpc) is 2.22. The lowest BCUT2D eigenvalue weighted by Gasteiger charge is -2.16. The van der Waals surface area contributed by atoms with Crippen molar-refractivity contribution in [2.45, 2.75) is 12.8 Å². The van der Waals surface area contributed by atoms with E-state index in [9.17, 15) is 19.0 Å². The first-order valence-corrected chi connectivity index (χ1v) is 6.26. The van der Waals surface area contributed by atoms with Gasteiger partial charge in [-0.25, -0.2) is 0 Å². The van der Waals surface area contributed by atoms with Crippen molar-refractivity contribution in [3.63, 3.8) is 0 Å². The zero-order chi connectivity index (χ0) is 12.8. The van der Waals surface area contributed by atoms with E-state index in [-0.39, 0.29) is 12.8 Å². The van der Waals surface area contributed by atoms with Gasteiger partial charge in [0.05, 0.1) is 19.2 Å². The molecule has 0 heterocycles. The molecular weight excluding hydrogens is 239 g/mol. The summed E-state index contributed by atoms with van der Waals surface area (Å²) >= 11 is 0. The van der Waals surface area contributed by atoms with Crippen LogP contribution in [0.25, 0.3) is 0 Å². The number of carboxylic acids is 1. The Morgan fingerprint density at radius 3 is 2.31 bits per heavy atom. The number of carbonyl (C=O) groups excluding carboxylic acids is 1. The number of esters is 1. The van der Waals surface area contributed by atoms with Crippen LogP contribution in [-0.2, 0) is 23.4 Å². The average molecular weight is 254 g/mol. The molecule has 0 fully saturated rings. The Balaban J connectivity index is 4.49. The molecule has 94 valence electrons. The van der Waals surface area contributed by atoms with E-state index in [0.29, 0.717) is 0 Å². The fourth-order valence-electron chi connectivity index (χ4n) is 1.10. The lowest BCUT2D eigenvalue weighted by atomic mass is 10.1. The van der Waals surface area contributed by atoms with Crippen molar-refractivity contribution in [2.75, 3.05) is 20.4 Å². The molecule has 0 saturated heterocycles. The first kappa shape index (κ1) is 15.1. The number of aliphatic carboxylic acids is 1. The van der Waals surface area contributed by atoms with Gasteiger partial charge in [-0.1, -0.05) is 0 Å². The third-order valence-electron chi connectivity index (χ3n) is 1.98. The van der Waals surface area contributed by atoms with Gasteiger partial charge in [0.15, 0.2) is 0 Å². The molecule has 0 rings (SSSR count). The van der Waals surface area contributed by atoms with E-state index in [1.165, 1.54) is 0 Å². The van der Waals surface area contributed by atoms with Gasteiger partial charge in [0.25, 0.3) is 0 Å². The Hall–Kier alpha value is -0.910. The quantitative estimate of drug-likeness (QED) is 0.502. The minimum atomic E-state index is -3.85. The maximum absolute atomic E-state index is 11.2. The van der Waals surface area contributed by atoms with Gasteiger partial charge >= 0.3 is 19.5 Å². The van der Waals surface area contributed by atoms with E-state index in [1.807, 2.05) is 0 Å². The van der Waals surface area contributed by atoms with Gasteiger partial charge in [-0.2, -0.15) is 0 Å². The molecule has 0 saturated carbocycles. The molecule has 0 aromatic carbocycles. The van der Waals surface area contributed by atoms with Crippen molar-refractivity contribution in [3.05, 3.63) is 0 Å². The second-order valence-corrected chi connectivity index (χ2v) is 5.16. The summed E-state index contributed by atoms with van der Waals surface area (Å²) in [5.74, 6) is -2.75. The predicted octanol–water partition coefficient (Wildman–Crippen LogP) is 0.472. The molecule has 0 aromatic rings. The smallest absolute Gasteiger partial charge is 0.328 e. The van der Waals surface area contributed by atoms with Crippen molar-refractivity contribution in [2.24, 2.45) is 5.92 Å². The third-order valence-corrected chi connectivity index (χ3v) is 3.45. The number of methoxy groups -OCH3 is 1. The molecule has 2 atom stereocenters. The Morgan fingerprint density at radius 2 is 1.94 bits per heavy atom. The summed E-state index contributed by atoms with van der Waals surface area (Å²) in [5.41, 5.74) is 0. The first-order valence-electron chi connectivity index (χ1n) is 4.49. The molecule has 0 amide bonds. The topological polar surface area (TPSA) is 110 Å². The molecule has 2 N–H and O–H groups in total. The summed E-state index contributed by atoms with van der Waals surface area (Å²) in [4.78, 5) is 30.7. The standard InChI is InChI=1S/C8H15O7P/c1-14-8(11)6(3-4-7(9)10)5-16(12,13)15-2/h6H,3-5H2,1-2H3,(H,9,10)(H,12,13). The zero-order valence-corrected chi connectivity index (χ0v) is 9.98. The summed E-state index contributed by atoms with van der Waals surface area (Å²) in [6, 6.07) is 0. The largest absolute Gasteiger partial charge is 0.481 e. The highest BCUT2D eigenvalue weighted by atomic mass is 31.2. The maximum atomic E-state index is 11.2. The normalized spacial score (nSPS) is 16.2. The van der Waals surface area contributed by atoms with Gasteiger partial charge < -0.3 is 19.3 Å². The molecule has 0 aliphatic carbocycles. The van der Waals surface area contributed by atoms with Crippen LogP contribution in [0.5, 0.6) is 0 Å². The first-order chi connectivity index (χ1) is 7.32. The molecule has 8 heteroatoms. The van der Waals surface area contributed by atoms with Crippen LogP contribution in [0.3, 0.4) is 0 Å². The summed E-state index contributed by atoms with van der Waals surface area (Å²) < 4.78 is 20.0. The predicted molar refractivity (Wildman–Crippen MR) is 54.1 cm³/mol. The summed E-state index contributed by atoms with van der Waals surface area (Å²) in [7, 11) is -1.67. The number of carbonyl (C=O) groups is 2. The van der Waals surface area contributed by atoms with Crippen molar-refractivity contribution >= 4 is 19.5 Å². The highest BCUT2D eigenvalue weighted by Gasteiger charge is 2.30. The molecule has 0 bridgehead atoms. The highest BCUT2D eigenvalue weighted by Crippen LogP contribution is 2.43. The number of hydrogen-bond donors (Lipinski definition) is 2. The number of ether oxygens (including phenoxy) is 1. The third kappa shape index (κ3) is 5.85. The summed E-state index contributed by atoms with van der Waals surface area (Å²) in [6.45, 7) is 0. The zero-order valence-electron chi connectivity index (χ0n) is 9.08. The van der Waals surface area contributed by atoms with E-state index >= 15 is 0 Å². The van der Waals surface area contributed by atoms with Crippen molar-refractivity contribution in [1.82, 2.24) is 0 Å². The minimum Gasteiger partial charge on any atom is -0.481 e. The van der Waals surface area contributed by atoms with E-state index < -0.39 is 31.6 Å². The van der Waals surface area contributed by atoms with Crippen LogP contribution in [0.2, 0.25) is 0 Å². The van der Waals surface area contributed by atoms with Crippen molar-refractivity contribution in [3.8, 4) is 0 Å². The van der Waals surface area contributed by atoms with Gasteiger partial charge in [-0.3, -0.25) is 14.2 Å². The van der Waals surface area contributed by atoms with Crippen LogP contribution >= 0.6 is 7.60 Å². The van der Waals surface area contributed by atoms with Gasteiger partial charge in [0.1, 0.15) is 0 Å². The summed E-state index contributed by atoms with van der Waals surface area (Å²) in [5, 5.41) is 8.46. The number of carboxylic acid groups (broad SMARTS) is 1. The molecule has 0 aromatic heterocycles. The van der Waals surface area contributed by atoms with Crippen LogP contribution in [-0.4, -0.2) is 42.3 Å². The van der Waals surface area contributed by atoms with Crippen LogP contribution in [0, 0.1) is 5.92 Å². The van der Waals surface area contributed by atoms with Crippen LogP contribution in [0.15, 0.2) is 0 Å². The molecular formula is C8H15O7P. The molecule has 16 heavy (non-hydrogen) atoms. The Kier molecular flexibility index (Phi) is 6.25. The van der Waals surface area contributed by atoms with E-state index in [4.69, 9.17) is 5.11 Å². The lowest BCUT2D eigenvalue weighted by Crippen LogP contribution is -2.21. The fraction of sp³-hybridized carbons (Fsp3) is 0.750. The van der Waals surface area contributed by atoms with Crippen LogP contribution in [0.1, 0.15) is 12.8 Å². The highest BCUT2D eigenvalue weighted by molar-refractivity contribution is 7.52. The Morgan fingerprint density at radius 1 is 1.38 bits per heavy atom. The monoisotopic (exact) mass is 254 g/mol. The maximum Gasteiger partial charge on any atom is 0.328 e. The summed E-state index contributed by atoms with van der Waals surface area (Å²) in [6.07, 6.45) is -0.775. The molecule has 0 spiro atoms. The Bertz CT molecular complexity index is 301. The molecule has 0 aliphatic heterocycles. The molecule has 0 radical (unpaired) electrons. The molecule has 0 aliphatic rings. The fourth-order valence-corrected chi connectivity index (χ4v) is 2.14. The molecule has 2 unspecified atom stereocenters. The van der Waals surface area contributed by atoms with E-state index in [2.05, 4.69) is 9.26 Å². The van der Waals surface area contributed by atoms with Gasteiger partial charge in [-0.05, 0) is 6.42 Å².